The van der Waals surface area contributed by atoms with E-state index in [0.717, 1.165) is 53.4 Å². The highest BCUT2D eigenvalue weighted by Gasteiger charge is 2.50. The van der Waals surface area contributed by atoms with Crippen molar-refractivity contribution in [3.05, 3.63) is 80.9 Å². The predicted octanol–water partition coefficient (Wildman–Crippen LogP) is 7.80. The number of sulfone groups is 2. The number of carbonyl (C=O) groups excluding carboxylic acids is 4. The van der Waals surface area contributed by atoms with E-state index in [1.165, 1.54) is 0 Å². The summed E-state index contributed by atoms with van der Waals surface area (Å²) < 4.78 is 75.6. The molecule has 4 aromatic carbocycles. The molecule has 0 N–H and O–H groups in total. The van der Waals surface area contributed by atoms with E-state index in [4.69, 9.17) is 18.9 Å². The first-order valence-corrected chi connectivity index (χ1v) is 26.3. The van der Waals surface area contributed by atoms with Crippen LogP contribution >= 0.6 is 0 Å². The Morgan fingerprint density at radius 1 is 0.484 bits per heavy atom. The number of hydrogen-bond donors (Lipinski definition) is 0. The second kappa shape index (κ2) is 16.6. The summed E-state index contributed by atoms with van der Waals surface area (Å²) in [6.45, 7) is 5.96. The zero-order valence-corrected chi connectivity index (χ0v) is 37.8. The van der Waals surface area contributed by atoms with Crippen LogP contribution in [0, 0.1) is 23.7 Å². The van der Waals surface area contributed by atoms with Gasteiger partial charge in [0, 0.05) is 58.8 Å². The quantitative estimate of drug-likeness (QED) is 0.0684. The van der Waals surface area contributed by atoms with Crippen molar-refractivity contribution in [3.8, 4) is 11.5 Å². The Balaban J connectivity index is 1.15. The van der Waals surface area contributed by atoms with Gasteiger partial charge in [0.25, 0.3) is 0 Å². The third-order valence-corrected chi connectivity index (χ3v) is 17.5. The van der Waals surface area contributed by atoms with Crippen molar-refractivity contribution in [1.29, 1.82) is 0 Å². The third-order valence-electron chi connectivity index (χ3n) is 14.3. The van der Waals surface area contributed by atoms with Gasteiger partial charge in [-0.2, -0.15) is 0 Å². The first-order chi connectivity index (χ1) is 30.8. The van der Waals surface area contributed by atoms with Gasteiger partial charge in [0.05, 0.1) is 47.4 Å². The van der Waals surface area contributed by atoms with Crippen LogP contribution in [0.2, 0.25) is 0 Å². The van der Waals surface area contributed by atoms with E-state index < -0.39 is 43.3 Å². The molecule has 0 radical (unpaired) electrons. The van der Waals surface area contributed by atoms with Crippen molar-refractivity contribution in [3.63, 3.8) is 0 Å². The van der Waals surface area contributed by atoms with Crippen molar-refractivity contribution in [2.75, 3.05) is 62.7 Å². The summed E-state index contributed by atoms with van der Waals surface area (Å²) in [6, 6.07) is 11.1. The van der Waals surface area contributed by atoms with Crippen LogP contribution in [-0.2, 0) is 29.1 Å². The number of Topliss-reactive ketones (excluding diaryl/α,β-unsaturated/α-hetero) is 4. The van der Waals surface area contributed by atoms with Crippen molar-refractivity contribution < 1.29 is 55.0 Å². The summed E-state index contributed by atoms with van der Waals surface area (Å²) >= 11 is 0. The number of unbranched alkanes of at least 4 members (excludes halogenated alkanes) is 2. The van der Waals surface area contributed by atoms with Crippen LogP contribution in [0.1, 0.15) is 107 Å². The Hall–Kier alpha value is -4.76. The number of carbonyl (C=O) groups is 4. The van der Waals surface area contributed by atoms with Gasteiger partial charge in [-0.05, 0) is 84.3 Å². The minimum atomic E-state index is -3.35. The molecule has 4 unspecified atom stereocenters. The van der Waals surface area contributed by atoms with Gasteiger partial charge >= 0.3 is 0 Å². The first kappa shape index (κ1) is 43.1. The Labute approximate surface area is 372 Å². The Morgan fingerprint density at radius 2 is 0.859 bits per heavy atom. The fraction of sp³-hybridized carbons (Fsp3) is 0.480. The largest absolute Gasteiger partial charge is 0.490 e. The van der Waals surface area contributed by atoms with E-state index in [1.807, 2.05) is 24.3 Å². The van der Waals surface area contributed by atoms with Crippen molar-refractivity contribution in [2.24, 2.45) is 23.7 Å². The fourth-order valence-corrected chi connectivity index (χ4v) is 14.9. The van der Waals surface area contributed by atoms with E-state index in [2.05, 4.69) is 13.8 Å². The summed E-state index contributed by atoms with van der Waals surface area (Å²) in [7, 11) is -6.70. The molecule has 4 aromatic rings. The monoisotopic (exact) mass is 908 g/mol. The Morgan fingerprint density at radius 3 is 1.23 bits per heavy atom. The smallest absolute Gasteiger partial charge is 0.171 e. The Kier molecular flexibility index (Phi) is 11.2. The molecular weight excluding hydrogens is 857 g/mol. The molecule has 64 heavy (non-hydrogen) atoms. The highest BCUT2D eigenvalue weighted by atomic mass is 32.2. The maximum Gasteiger partial charge on any atom is 0.171 e. The highest BCUT2D eigenvalue weighted by Crippen LogP contribution is 2.52. The molecule has 10 rings (SSSR count). The van der Waals surface area contributed by atoms with E-state index in [-0.39, 0.29) is 132 Å². The molecular formula is C50H52O12S2. The number of hydrogen-bond acceptors (Lipinski definition) is 12. The molecule has 0 bridgehead atoms. The molecule has 336 valence electrons. The molecule has 0 saturated heterocycles. The molecule has 4 atom stereocenters. The maximum absolute atomic E-state index is 14.8. The molecule has 0 saturated carbocycles. The molecule has 4 aliphatic carbocycles. The first-order valence-electron chi connectivity index (χ1n) is 22.7. The van der Waals surface area contributed by atoms with Gasteiger partial charge in [0.2, 0.25) is 0 Å². The van der Waals surface area contributed by atoms with Crippen LogP contribution in [0.15, 0.2) is 58.7 Å². The number of rotatable bonds is 14. The summed E-state index contributed by atoms with van der Waals surface area (Å²) in [4.78, 5) is 59.2. The van der Waals surface area contributed by atoms with Crippen LogP contribution in [0.3, 0.4) is 0 Å². The van der Waals surface area contributed by atoms with Crippen LogP contribution in [0.4, 0.5) is 0 Å². The SMILES string of the molecule is CCCCOCCOc1c2c(cc3c1ccc1ccc4c(OCCOCCCC)c5c(cc4c13)C(=O)C1CC3=C(CC1C5=O)CS(=O)(=O)C3)C(=O)C1CC3=C(CC1C2=O)CS(=O)(=O)C3. The molecule has 14 heteroatoms. The van der Waals surface area contributed by atoms with Gasteiger partial charge in [-0.25, -0.2) is 16.8 Å². The zero-order chi connectivity index (χ0) is 44.7. The molecule has 12 nitrogen and oxygen atoms in total. The van der Waals surface area contributed by atoms with Crippen molar-refractivity contribution in [2.45, 2.75) is 65.2 Å². The van der Waals surface area contributed by atoms with Gasteiger partial charge in [-0.15, -0.1) is 0 Å². The molecule has 0 amide bonds. The maximum atomic E-state index is 14.8. The van der Waals surface area contributed by atoms with E-state index in [1.54, 1.807) is 12.1 Å². The highest BCUT2D eigenvalue weighted by molar-refractivity contribution is 7.92. The van der Waals surface area contributed by atoms with Crippen LogP contribution in [-0.4, -0.2) is 103 Å². The van der Waals surface area contributed by atoms with E-state index in [9.17, 15) is 36.0 Å². The lowest BCUT2D eigenvalue weighted by Gasteiger charge is -2.36. The van der Waals surface area contributed by atoms with Crippen molar-refractivity contribution in [1.82, 2.24) is 0 Å². The molecule has 2 aliphatic heterocycles. The molecule has 6 aliphatic rings. The van der Waals surface area contributed by atoms with Crippen molar-refractivity contribution >= 4 is 75.1 Å². The van der Waals surface area contributed by atoms with Gasteiger partial charge < -0.3 is 18.9 Å². The average Bonchev–Trinajstić information content (AvgIpc) is 3.75. The predicted molar refractivity (Wildman–Crippen MR) is 243 cm³/mol. The lowest BCUT2D eigenvalue weighted by atomic mass is 9.65. The van der Waals surface area contributed by atoms with Crippen LogP contribution in [0.25, 0.3) is 32.3 Å². The molecule has 0 spiro atoms. The second-order valence-electron chi connectivity index (χ2n) is 18.5. The van der Waals surface area contributed by atoms with Gasteiger partial charge in [0.1, 0.15) is 24.7 Å². The van der Waals surface area contributed by atoms with Crippen LogP contribution in [0.5, 0.6) is 11.5 Å². The number of benzene rings is 4. The second-order valence-corrected chi connectivity index (χ2v) is 22.6. The van der Waals surface area contributed by atoms with E-state index >= 15 is 0 Å². The van der Waals surface area contributed by atoms with Gasteiger partial charge in [-0.1, -0.05) is 61.1 Å². The van der Waals surface area contributed by atoms with Gasteiger partial charge in [0.15, 0.2) is 42.8 Å². The number of ether oxygens (including phenoxy) is 4. The summed E-state index contributed by atoms with van der Waals surface area (Å²) in [5.41, 5.74) is 3.74. The number of ketones is 4. The fourth-order valence-electron chi connectivity index (χ4n) is 11.3. The minimum absolute atomic E-state index is 0.0906. The summed E-state index contributed by atoms with van der Waals surface area (Å²) in [5.74, 6) is -3.70. The lowest BCUT2D eigenvalue weighted by Crippen LogP contribution is -2.39. The standard InChI is InChI=1S/C50H52O12S2/c1-3-5-11-59-13-15-61-49-32-9-7-27-8-10-33-35(42(27)34(32)21-40-43(49)47(53)38-19-30-25-63(55,56)23-28(30)17-36(38)45(40)51)22-41-44(50(33)62-16-14-60-12-6-4-2)48(54)39-20-31-26-64(57,58)24-29(31)18-37(39)46(41)52/h7-10,21-22,36-39H,3-6,11-20,23-26H2,1-2H3. The molecule has 0 fully saturated rings. The summed E-state index contributed by atoms with van der Waals surface area (Å²) in [5, 5.41) is 3.80. The molecule has 2 heterocycles. The third kappa shape index (κ3) is 7.32. The van der Waals surface area contributed by atoms with E-state index in [0.29, 0.717) is 40.1 Å². The zero-order valence-electron chi connectivity index (χ0n) is 36.2. The number of fused-ring (bicyclic) bond motifs is 9. The van der Waals surface area contributed by atoms with Crippen LogP contribution < -0.4 is 9.47 Å². The minimum Gasteiger partial charge on any atom is -0.490 e. The molecule has 0 aromatic heterocycles. The van der Waals surface area contributed by atoms with Gasteiger partial charge in [-0.3, -0.25) is 19.2 Å². The Bertz CT molecular complexity index is 2810. The lowest BCUT2D eigenvalue weighted by molar-refractivity contribution is 0.0713. The normalized spacial score (nSPS) is 24.2. The average molecular weight is 909 g/mol. The summed E-state index contributed by atoms with van der Waals surface area (Å²) in [6.07, 6.45) is 4.52. The topological polar surface area (TPSA) is 173 Å².